The molecule has 5 rings (SSSR count). The summed E-state index contributed by atoms with van der Waals surface area (Å²) in [6.45, 7) is 4.41. The van der Waals surface area contributed by atoms with Crippen LogP contribution in [0.5, 0.6) is 0 Å². The van der Waals surface area contributed by atoms with Gasteiger partial charge in [-0.3, -0.25) is 0 Å². The standard InChI is InChI=1S/C25H26N4O/c26-18-19-7-8-20-11-16-29(23(20)17-19)13-4-3-12-28-14-9-21(10-15-28)25-22-5-1-2-6-24(22)30-27-25/h1-2,5-8,11,16-17,21H,3-4,9-10,12-15H2. The van der Waals surface area contributed by atoms with Gasteiger partial charge in [0.1, 0.15) is 0 Å². The number of piperidine rings is 1. The normalized spacial score (nSPS) is 15.7. The Kier molecular flexibility index (Phi) is 5.25. The van der Waals surface area contributed by atoms with Crippen molar-refractivity contribution in [3.63, 3.8) is 0 Å². The van der Waals surface area contributed by atoms with Crippen molar-refractivity contribution in [1.82, 2.24) is 14.6 Å². The van der Waals surface area contributed by atoms with Gasteiger partial charge in [-0.05, 0) is 81.0 Å². The monoisotopic (exact) mass is 398 g/mol. The zero-order chi connectivity index (χ0) is 20.3. The van der Waals surface area contributed by atoms with E-state index in [4.69, 9.17) is 9.78 Å². The van der Waals surface area contributed by atoms with E-state index >= 15 is 0 Å². The summed E-state index contributed by atoms with van der Waals surface area (Å²) in [5, 5.41) is 15.9. The van der Waals surface area contributed by atoms with Crippen LogP contribution in [0.2, 0.25) is 0 Å². The zero-order valence-electron chi connectivity index (χ0n) is 17.1. The first-order valence-electron chi connectivity index (χ1n) is 10.9. The maximum Gasteiger partial charge on any atom is 0.167 e. The fourth-order valence-corrected chi connectivity index (χ4v) is 4.70. The van der Waals surface area contributed by atoms with Crippen molar-refractivity contribution in [2.75, 3.05) is 19.6 Å². The average molecular weight is 399 g/mol. The number of nitriles is 1. The quantitative estimate of drug-likeness (QED) is 0.413. The molecule has 0 unspecified atom stereocenters. The number of hydrogen-bond donors (Lipinski definition) is 0. The molecule has 152 valence electrons. The molecular formula is C25H26N4O. The Morgan fingerprint density at radius 1 is 1.03 bits per heavy atom. The summed E-state index contributed by atoms with van der Waals surface area (Å²) in [6.07, 6.45) is 6.77. The molecule has 3 heterocycles. The number of fused-ring (bicyclic) bond motifs is 2. The number of aromatic nitrogens is 2. The molecule has 0 N–H and O–H groups in total. The van der Waals surface area contributed by atoms with Crippen LogP contribution in [0.3, 0.4) is 0 Å². The lowest BCUT2D eigenvalue weighted by atomic mass is 9.91. The van der Waals surface area contributed by atoms with Crippen molar-refractivity contribution >= 4 is 21.9 Å². The molecule has 1 saturated heterocycles. The molecule has 0 saturated carbocycles. The fraction of sp³-hybridized carbons (Fsp3) is 0.360. The highest BCUT2D eigenvalue weighted by Crippen LogP contribution is 2.32. The third-order valence-electron chi connectivity index (χ3n) is 6.41. The number of rotatable bonds is 6. The molecule has 30 heavy (non-hydrogen) atoms. The predicted octanol–water partition coefficient (Wildman–Crippen LogP) is 5.31. The Morgan fingerprint density at radius 3 is 2.73 bits per heavy atom. The van der Waals surface area contributed by atoms with Gasteiger partial charge in [-0.2, -0.15) is 5.26 Å². The fourth-order valence-electron chi connectivity index (χ4n) is 4.70. The van der Waals surface area contributed by atoms with Crippen LogP contribution in [0.4, 0.5) is 0 Å². The summed E-state index contributed by atoms with van der Waals surface area (Å²) >= 11 is 0. The summed E-state index contributed by atoms with van der Waals surface area (Å²) in [5.74, 6) is 0.505. The highest BCUT2D eigenvalue weighted by atomic mass is 16.5. The summed E-state index contributed by atoms with van der Waals surface area (Å²) in [6, 6.07) is 18.5. The van der Waals surface area contributed by atoms with Gasteiger partial charge in [0.2, 0.25) is 0 Å². The summed E-state index contributed by atoms with van der Waals surface area (Å²) in [7, 11) is 0. The third kappa shape index (κ3) is 3.71. The van der Waals surface area contributed by atoms with Gasteiger partial charge >= 0.3 is 0 Å². The molecule has 0 spiro atoms. The second-order valence-corrected chi connectivity index (χ2v) is 8.28. The summed E-state index contributed by atoms with van der Waals surface area (Å²) in [5.41, 5.74) is 3.93. The van der Waals surface area contributed by atoms with Gasteiger partial charge in [-0.15, -0.1) is 0 Å². The summed E-state index contributed by atoms with van der Waals surface area (Å²) in [4.78, 5) is 2.58. The Labute approximate surface area is 176 Å². The van der Waals surface area contributed by atoms with E-state index in [1.165, 1.54) is 17.2 Å². The number of nitrogens with zero attached hydrogens (tertiary/aromatic N) is 4. The average Bonchev–Trinajstić information content (AvgIpc) is 3.41. The van der Waals surface area contributed by atoms with E-state index in [1.54, 1.807) is 0 Å². The first-order valence-corrected chi connectivity index (χ1v) is 10.9. The second kappa shape index (κ2) is 8.33. The van der Waals surface area contributed by atoms with Gasteiger partial charge in [0.15, 0.2) is 5.58 Å². The molecule has 5 heteroatoms. The van der Waals surface area contributed by atoms with Crippen molar-refractivity contribution in [1.29, 1.82) is 5.26 Å². The molecule has 0 aliphatic carbocycles. The maximum atomic E-state index is 9.14. The molecule has 0 atom stereocenters. The lowest BCUT2D eigenvalue weighted by Gasteiger charge is -2.31. The molecular weight excluding hydrogens is 372 g/mol. The van der Waals surface area contributed by atoms with Crippen molar-refractivity contribution in [3.8, 4) is 6.07 Å². The largest absolute Gasteiger partial charge is 0.356 e. The van der Waals surface area contributed by atoms with Crippen LogP contribution >= 0.6 is 0 Å². The lowest BCUT2D eigenvalue weighted by Crippen LogP contribution is -2.33. The number of unbranched alkanes of at least 4 members (excludes halogenated alkanes) is 1. The molecule has 0 radical (unpaired) electrons. The van der Waals surface area contributed by atoms with Gasteiger partial charge < -0.3 is 14.0 Å². The number of benzene rings is 2. The van der Waals surface area contributed by atoms with E-state index in [0.29, 0.717) is 5.92 Å². The van der Waals surface area contributed by atoms with Gasteiger partial charge in [-0.25, -0.2) is 0 Å². The third-order valence-corrected chi connectivity index (χ3v) is 6.41. The maximum absolute atomic E-state index is 9.14. The number of para-hydroxylation sites is 1. The van der Waals surface area contributed by atoms with Crippen molar-refractivity contribution in [2.45, 2.75) is 38.1 Å². The van der Waals surface area contributed by atoms with E-state index in [1.807, 2.05) is 30.3 Å². The number of aryl methyl sites for hydroxylation is 1. The minimum absolute atomic E-state index is 0.505. The second-order valence-electron chi connectivity index (χ2n) is 8.28. The zero-order valence-corrected chi connectivity index (χ0v) is 17.1. The Morgan fingerprint density at radius 2 is 1.87 bits per heavy atom. The first-order chi connectivity index (χ1) is 14.8. The molecule has 1 aliphatic rings. The molecule has 2 aromatic carbocycles. The number of hydrogen-bond acceptors (Lipinski definition) is 4. The Bertz CT molecular complexity index is 1190. The molecule has 4 aromatic rings. The van der Waals surface area contributed by atoms with Crippen molar-refractivity contribution in [2.24, 2.45) is 0 Å². The van der Waals surface area contributed by atoms with Crippen LogP contribution in [-0.4, -0.2) is 34.3 Å². The van der Waals surface area contributed by atoms with Crippen LogP contribution in [0.15, 0.2) is 59.3 Å². The van der Waals surface area contributed by atoms with Gasteiger partial charge in [0, 0.05) is 29.6 Å². The van der Waals surface area contributed by atoms with E-state index < -0.39 is 0 Å². The first kappa shape index (κ1) is 18.9. The van der Waals surface area contributed by atoms with Crippen LogP contribution in [-0.2, 0) is 6.54 Å². The van der Waals surface area contributed by atoms with Crippen LogP contribution in [0.1, 0.15) is 42.9 Å². The Hall–Kier alpha value is -3.10. The topological polar surface area (TPSA) is 58.0 Å². The molecule has 5 nitrogen and oxygen atoms in total. The van der Waals surface area contributed by atoms with Gasteiger partial charge in [0.05, 0.1) is 17.3 Å². The smallest absolute Gasteiger partial charge is 0.167 e. The van der Waals surface area contributed by atoms with Crippen LogP contribution in [0, 0.1) is 11.3 Å². The minimum Gasteiger partial charge on any atom is -0.356 e. The highest BCUT2D eigenvalue weighted by molar-refractivity contribution is 5.81. The van der Waals surface area contributed by atoms with E-state index in [-0.39, 0.29) is 0 Å². The van der Waals surface area contributed by atoms with Gasteiger partial charge in [0.25, 0.3) is 0 Å². The van der Waals surface area contributed by atoms with Crippen LogP contribution in [0.25, 0.3) is 21.9 Å². The van der Waals surface area contributed by atoms with Crippen molar-refractivity contribution in [3.05, 3.63) is 66.0 Å². The highest BCUT2D eigenvalue weighted by Gasteiger charge is 2.24. The van der Waals surface area contributed by atoms with E-state index in [2.05, 4.69) is 45.1 Å². The van der Waals surface area contributed by atoms with Crippen molar-refractivity contribution < 1.29 is 4.52 Å². The predicted molar refractivity (Wildman–Crippen MR) is 118 cm³/mol. The SMILES string of the molecule is N#Cc1ccc2ccn(CCCCN3CCC(c4noc5ccccc45)CC3)c2c1. The van der Waals surface area contributed by atoms with Gasteiger partial charge in [-0.1, -0.05) is 23.4 Å². The van der Waals surface area contributed by atoms with Crippen LogP contribution < -0.4 is 0 Å². The summed E-state index contributed by atoms with van der Waals surface area (Å²) < 4.78 is 7.78. The lowest BCUT2D eigenvalue weighted by molar-refractivity contribution is 0.205. The molecule has 1 fully saturated rings. The molecule has 0 bridgehead atoms. The molecule has 2 aromatic heterocycles. The molecule has 1 aliphatic heterocycles. The van der Waals surface area contributed by atoms with E-state index in [9.17, 15) is 0 Å². The molecule has 0 amide bonds. The number of likely N-dealkylation sites (tertiary alicyclic amines) is 1. The minimum atomic E-state index is 0.505. The Balaban J connectivity index is 1.11. The van der Waals surface area contributed by atoms with E-state index in [0.717, 1.165) is 67.8 Å².